The third kappa shape index (κ3) is 2.74. The maximum Gasteiger partial charge on any atom is 0.123 e. The van der Waals surface area contributed by atoms with Crippen LogP contribution >= 0.6 is 0 Å². The van der Waals surface area contributed by atoms with E-state index in [2.05, 4.69) is 18.3 Å². The Labute approximate surface area is 97.8 Å². The maximum absolute atomic E-state index is 5.49. The summed E-state index contributed by atoms with van der Waals surface area (Å²) in [4.78, 5) is 0. The van der Waals surface area contributed by atoms with E-state index in [9.17, 15) is 0 Å². The van der Waals surface area contributed by atoms with Crippen molar-refractivity contribution in [2.75, 3.05) is 21.3 Å². The number of hydrogen-bond donors (Lipinski definition) is 1. The normalized spacial score (nSPS) is 14.5. The average Bonchev–Trinajstić information content (AvgIpc) is 2.35. The summed E-state index contributed by atoms with van der Waals surface area (Å²) >= 11 is 0. The van der Waals surface area contributed by atoms with E-state index in [-0.39, 0.29) is 12.1 Å². The van der Waals surface area contributed by atoms with Crippen LogP contribution in [0, 0.1) is 0 Å². The molecule has 1 aromatic carbocycles. The molecule has 0 saturated heterocycles. The lowest BCUT2D eigenvalue weighted by molar-refractivity contribution is 0.0667. The Morgan fingerprint density at radius 3 is 2.44 bits per heavy atom. The summed E-state index contributed by atoms with van der Waals surface area (Å²) in [5, 5.41) is 3.29. The lowest BCUT2D eigenvalue weighted by Gasteiger charge is -2.26. The standard InChI is InChI=1S/C13H21NO2/c1-5-11(15-3)13(14-2)10-8-6-7-9-12(10)16-4/h6-9,11,13-14H,5H2,1-4H3. The fourth-order valence-electron chi connectivity index (χ4n) is 2.00. The largest absolute Gasteiger partial charge is 0.496 e. The Hall–Kier alpha value is -1.06. The second kappa shape index (κ2) is 6.51. The van der Waals surface area contributed by atoms with Crippen molar-refractivity contribution in [1.82, 2.24) is 5.32 Å². The molecule has 0 bridgehead atoms. The van der Waals surface area contributed by atoms with Gasteiger partial charge in [-0.1, -0.05) is 25.1 Å². The van der Waals surface area contributed by atoms with Crippen LogP contribution in [0.25, 0.3) is 0 Å². The van der Waals surface area contributed by atoms with Gasteiger partial charge < -0.3 is 14.8 Å². The fourth-order valence-corrected chi connectivity index (χ4v) is 2.00. The summed E-state index contributed by atoms with van der Waals surface area (Å²) in [7, 11) is 5.38. The molecule has 1 rings (SSSR count). The van der Waals surface area contributed by atoms with E-state index in [1.165, 1.54) is 0 Å². The topological polar surface area (TPSA) is 30.5 Å². The van der Waals surface area contributed by atoms with Gasteiger partial charge >= 0.3 is 0 Å². The zero-order chi connectivity index (χ0) is 12.0. The van der Waals surface area contributed by atoms with Crippen molar-refractivity contribution in [1.29, 1.82) is 0 Å². The van der Waals surface area contributed by atoms with E-state index in [0.717, 1.165) is 17.7 Å². The number of benzene rings is 1. The average molecular weight is 223 g/mol. The molecule has 3 nitrogen and oxygen atoms in total. The van der Waals surface area contributed by atoms with Crippen molar-refractivity contribution in [2.24, 2.45) is 0 Å². The van der Waals surface area contributed by atoms with Gasteiger partial charge in [0.05, 0.1) is 19.3 Å². The summed E-state index contributed by atoms with van der Waals surface area (Å²) in [5.74, 6) is 0.900. The van der Waals surface area contributed by atoms with Gasteiger partial charge in [0.1, 0.15) is 5.75 Å². The summed E-state index contributed by atoms with van der Waals surface area (Å²) in [5.41, 5.74) is 1.14. The van der Waals surface area contributed by atoms with Crippen LogP contribution < -0.4 is 10.1 Å². The highest BCUT2D eigenvalue weighted by atomic mass is 16.5. The molecule has 0 heterocycles. The molecule has 0 fully saturated rings. The first-order valence-electron chi connectivity index (χ1n) is 5.61. The van der Waals surface area contributed by atoms with Gasteiger partial charge in [-0.3, -0.25) is 0 Å². The lowest BCUT2D eigenvalue weighted by Crippen LogP contribution is -2.30. The van der Waals surface area contributed by atoms with Gasteiger partial charge in [-0.2, -0.15) is 0 Å². The quantitative estimate of drug-likeness (QED) is 0.803. The maximum atomic E-state index is 5.49. The minimum atomic E-state index is 0.154. The third-order valence-corrected chi connectivity index (χ3v) is 2.86. The first-order chi connectivity index (χ1) is 7.78. The van der Waals surface area contributed by atoms with Crippen molar-refractivity contribution >= 4 is 0 Å². The van der Waals surface area contributed by atoms with Crippen molar-refractivity contribution < 1.29 is 9.47 Å². The number of rotatable bonds is 6. The molecule has 0 saturated carbocycles. The first kappa shape index (κ1) is 13.0. The van der Waals surface area contributed by atoms with E-state index in [4.69, 9.17) is 9.47 Å². The minimum absolute atomic E-state index is 0.154. The molecule has 90 valence electrons. The van der Waals surface area contributed by atoms with E-state index in [1.807, 2.05) is 25.2 Å². The molecule has 0 aliphatic heterocycles. The van der Waals surface area contributed by atoms with Crippen molar-refractivity contribution in [3.05, 3.63) is 29.8 Å². The summed E-state index contributed by atoms with van der Waals surface area (Å²) in [6.07, 6.45) is 1.11. The molecule has 0 amide bonds. The van der Waals surface area contributed by atoms with Crippen LogP contribution in [0.3, 0.4) is 0 Å². The van der Waals surface area contributed by atoms with E-state index in [0.29, 0.717) is 0 Å². The molecule has 2 unspecified atom stereocenters. The second-order valence-corrected chi connectivity index (χ2v) is 3.69. The number of methoxy groups -OCH3 is 2. The third-order valence-electron chi connectivity index (χ3n) is 2.86. The van der Waals surface area contributed by atoms with Crippen LogP contribution in [0.5, 0.6) is 5.75 Å². The number of hydrogen-bond acceptors (Lipinski definition) is 3. The molecule has 3 heteroatoms. The predicted octanol–water partition coefficient (Wildman–Crippen LogP) is 2.38. The molecule has 1 aromatic rings. The molecule has 0 aliphatic rings. The molecule has 0 spiro atoms. The number of nitrogens with one attached hydrogen (secondary N) is 1. The second-order valence-electron chi connectivity index (χ2n) is 3.69. The molecule has 0 radical (unpaired) electrons. The van der Waals surface area contributed by atoms with Gasteiger partial charge in [0.2, 0.25) is 0 Å². The fraction of sp³-hybridized carbons (Fsp3) is 0.538. The molecular formula is C13H21NO2. The van der Waals surface area contributed by atoms with Crippen LogP contribution in [-0.2, 0) is 4.74 Å². The zero-order valence-corrected chi connectivity index (χ0v) is 10.5. The van der Waals surface area contributed by atoms with Gasteiger partial charge in [-0.25, -0.2) is 0 Å². The summed E-state index contributed by atoms with van der Waals surface area (Å²) < 4.78 is 10.9. The van der Waals surface area contributed by atoms with Gasteiger partial charge in [-0.05, 0) is 19.5 Å². The van der Waals surface area contributed by atoms with Crippen molar-refractivity contribution in [2.45, 2.75) is 25.5 Å². The monoisotopic (exact) mass is 223 g/mol. The van der Waals surface area contributed by atoms with E-state index < -0.39 is 0 Å². The SMILES string of the molecule is CCC(OC)C(NC)c1ccccc1OC. The number of ether oxygens (including phenoxy) is 2. The first-order valence-corrected chi connectivity index (χ1v) is 5.61. The molecule has 2 atom stereocenters. The Morgan fingerprint density at radius 1 is 1.25 bits per heavy atom. The Bertz CT molecular complexity index is 311. The Balaban J connectivity index is 3.02. The van der Waals surface area contributed by atoms with Crippen LogP contribution in [0.1, 0.15) is 24.9 Å². The van der Waals surface area contributed by atoms with Gasteiger partial charge in [0.25, 0.3) is 0 Å². The lowest BCUT2D eigenvalue weighted by atomic mass is 9.99. The van der Waals surface area contributed by atoms with Gasteiger partial charge in [0, 0.05) is 12.7 Å². The molecule has 1 N–H and O–H groups in total. The zero-order valence-electron chi connectivity index (χ0n) is 10.5. The Kier molecular flexibility index (Phi) is 5.29. The number of para-hydroxylation sites is 1. The molecule has 0 aliphatic carbocycles. The minimum Gasteiger partial charge on any atom is -0.496 e. The molecule has 16 heavy (non-hydrogen) atoms. The Morgan fingerprint density at radius 2 is 1.94 bits per heavy atom. The highest BCUT2D eigenvalue weighted by Crippen LogP contribution is 2.28. The molecular weight excluding hydrogens is 202 g/mol. The van der Waals surface area contributed by atoms with Crippen molar-refractivity contribution in [3.63, 3.8) is 0 Å². The number of likely N-dealkylation sites (N-methyl/N-ethyl adjacent to an activating group) is 1. The van der Waals surface area contributed by atoms with Crippen molar-refractivity contribution in [3.8, 4) is 5.75 Å². The van der Waals surface area contributed by atoms with Crippen LogP contribution in [0.2, 0.25) is 0 Å². The van der Waals surface area contributed by atoms with Crippen LogP contribution in [0.15, 0.2) is 24.3 Å². The summed E-state index contributed by atoms with van der Waals surface area (Å²) in [6.45, 7) is 2.12. The summed E-state index contributed by atoms with van der Waals surface area (Å²) in [6, 6.07) is 8.20. The molecule has 0 aromatic heterocycles. The van der Waals surface area contributed by atoms with Crippen LogP contribution in [0.4, 0.5) is 0 Å². The highest BCUT2D eigenvalue weighted by molar-refractivity contribution is 5.36. The van der Waals surface area contributed by atoms with E-state index in [1.54, 1.807) is 14.2 Å². The van der Waals surface area contributed by atoms with Gasteiger partial charge in [0.15, 0.2) is 0 Å². The smallest absolute Gasteiger partial charge is 0.123 e. The van der Waals surface area contributed by atoms with Crippen LogP contribution in [-0.4, -0.2) is 27.4 Å². The predicted molar refractivity (Wildman–Crippen MR) is 65.9 cm³/mol. The highest BCUT2D eigenvalue weighted by Gasteiger charge is 2.22. The van der Waals surface area contributed by atoms with Gasteiger partial charge in [-0.15, -0.1) is 0 Å². The van der Waals surface area contributed by atoms with E-state index >= 15 is 0 Å².